The van der Waals surface area contributed by atoms with E-state index >= 15 is 0 Å². The maximum absolute atomic E-state index is 13.8. The van der Waals surface area contributed by atoms with Crippen molar-refractivity contribution in [2.45, 2.75) is 13.5 Å². The van der Waals surface area contributed by atoms with Crippen LogP contribution in [0.2, 0.25) is 5.02 Å². The average molecular weight is 569 g/mol. The van der Waals surface area contributed by atoms with E-state index < -0.39 is 53.2 Å². The molecule has 39 heavy (non-hydrogen) atoms. The molecular formula is C26H14ClF5O7. The first kappa shape index (κ1) is 26.4. The Bertz CT molecular complexity index is 1560. The first-order valence-electron chi connectivity index (χ1n) is 11.0. The van der Waals surface area contributed by atoms with E-state index in [1.54, 1.807) is 19.1 Å². The van der Waals surface area contributed by atoms with E-state index in [1.165, 1.54) is 18.2 Å². The van der Waals surface area contributed by atoms with Gasteiger partial charge >= 0.3 is 5.97 Å². The number of hydrogen-bond donors (Lipinski definition) is 0. The van der Waals surface area contributed by atoms with Crippen molar-refractivity contribution in [1.29, 1.82) is 0 Å². The predicted molar refractivity (Wildman–Crippen MR) is 123 cm³/mol. The number of benzene rings is 3. The van der Waals surface area contributed by atoms with Gasteiger partial charge in [0.25, 0.3) is 0 Å². The maximum atomic E-state index is 13.8. The van der Waals surface area contributed by atoms with Gasteiger partial charge in [-0.15, -0.1) is 0 Å². The molecule has 0 unspecified atom stereocenters. The van der Waals surface area contributed by atoms with Crippen LogP contribution in [0.1, 0.15) is 27.0 Å². The molecular weight excluding hydrogens is 555 g/mol. The summed E-state index contributed by atoms with van der Waals surface area (Å²) in [6, 6.07) is 5.80. The van der Waals surface area contributed by atoms with E-state index in [2.05, 4.69) is 4.74 Å². The van der Waals surface area contributed by atoms with E-state index in [4.69, 9.17) is 30.5 Å². The molecule has 0 saturated carbocycles. The molecule has 3 aromatic carbocycles. The molecule has 2 heterocycles. The number of fused-ring (bicyclic) bond motifs is 2. The Morgan fingerprint density at radius 3 is 2.44 bits per heavy atom. The van der Waals surface area contributed by atoms with Gasteiger partial charge in [0.2, 0.25) is 34.9 Å². The number of carbonyl (C=O) groups is 2. The Hall–Kier alpha value is -4.16. The van der Waals surface area contributed by atoms with Gasteiger partial charge in [-0.25, -0.2) is 18.0 Å². The highest BCUT2D eigenvalue weighted by Crippen LogP contribution is 2.40. The highest BCUT2D eigenvalue weighted by Gasteiger charge is 2.32. The smallest absolute Gasteiger partial charge is 0.349 e. The SMILES string of the molecule is Cc1cc(OC(=O)COc2c(F)c(F)c(F)c(F)c2F)cc2c1C(=O)/C(=C/c1cc(Cl)cc3c1OCOC3)O2. The highest BCUT2D eigenvalue weighted by atomic mass is 35.5. The van der Waals surface area contributed by atoms with E-state index in [0.29, 0.717) is 27.5 Å². The molecule has 3 aromatic rings. The van der Waals surface area contributed by atoms with Crippen molar-refractivity contribution in [3.8, 4) is 23.0 Å². The van der Waals surface area contributed by atoms with Crippen LogP contribution < -0.4 is 18.9 Å². The molecule has 0 spiro atoms. The minimum atomic E-state index is -2.37. The summed E-state index contributed by atoms with van der Waals surface area (Å²) in [4.78, 5) is 25.2. The lowest BCUT2D eigenvalue weighted by atomic mass is 10.0. The standard InChI is InChI=1S/C26H14ClF5O7/c1-10-2-14(38-17(33)8-36-26-22(31)20(29)19(28)21(30)23(26)32)6-15-18(10)24(34)16(39-15)5-11-3-13(27)4-12-7-35-9-37-25(11)12/h2-6H,7-9H2,1H3/b16-5-. The van der Waals surface area contributed by atoms with Crippen LogP contribution in [0.15, 0.2) is 30.0 Å². The van der Waals surface area contributed by atoms with Gasteiger partial charge in [-0.3, -0.25) is 4.79 Å². The third-order valence-corrected chi connectivity index (χ3v) is 5.89. The topological polar surface area (TPSA) is 80.3 Å². The van der Waals surface area contributed by atoms with Gasteiger partial charge in [-0.1, -0.05) is 11.6 Å². The van der Waals surface area contributed by atoms with Gasteiger partial charge in [0.05, 0.1) is 12.2 Å². The molecule has 13 heteroatoms. The largest absolute Gasteiger partial charge is 0.476 e. The fourth-order valence-corrected chi connectivity index (χ4v) is 4.25. The van der Waals surface area contributed by atoms with Crippen molar-refractivity contribution in [2.24, 2.45) is 0 Å². The lowest BCUT2D eigenvalue weighted by Gasteiger charge is -2.20. The van der Waals surface area contributed by atoms with E-state index in [9.17, 15) is 31.5 Å². The van der Waals surface area contributed by atoms with E-state index in [1.807, 2.05) is 0 Å². The quantitative estimate of drug-likeness (QED) is 0.0959. The van der Waals surface area contributed by atoms with Crippen LogP contribution in [-0.4, -0.2) is 25.2 Å². The number of rotatable bonds is 5. The second-order valence-corrected chi connectivity index (χ2v) is 8.75. The second kappa shape index (κ2) is 10.2. The molecule has 5 rings (SSSR count). The summed E-state index contributed by atoms with van der Waals surface area (Å²) in [5.74, 6) is -14.3. The number of Topliss-reactive ketones (excluding diaryl/α,β-unsaturated/α-hetero) is 1. The zero-order valence-electron chi connectivity index (χ0n) is 19.6. The summed E-state index contributed by atoms with van der Waals surface area (Å²) < 4.78 is 93.4. The van der Waals surface area contributed by atoms with Crippen LogP contribution in [0.5, 0.6) is 23.0 Å². The number of carbonyl (C=O) groups excluding carboxylic acids is 2. The van der Waals surface area contributed by atoms with E-state index in [0.717, 1.165) is 0 Å². The molecule has 0 bridgehead atoms. The van der Waals surface area contributed by atoms with Gasteiger partial charge in [0.1, 0.15) is 17.2 Å². The second-order valence-electron chi connectivity index (χ2n) is 8.31. The zero-order chi connectivity index (χ0) is 28.0. The number of hydrogen-bond acceptors (Lipinski definition) is 7. The number of halogens is 6. The van der Waals surface area contributed by atoms with Crippen molar-refractivity contribution < 1.29 is 55.2 Å². The summed E-state index contributed by atoms with van der Waals surface area (Å²) in [5.41, 5.74) is 1.72. The summed E-state index contributed by atoms with van der Waals surface area (Å²) in [7, 11) is 0. The van der Waals surface area contributed by atoms with Crippen molar-refractivity contribution in [1.82, 2.24) is 0 Å². The van der Waals surface area contributed by atoms with Crippen molar-refractivity contribution >= 4 is 29.4 Å². The summed E-state index contributed by atoms with van der Waals surface area (Å²) in [5, 5.41) is 0.385. The number of ether oxygens (including phenoxy) is 5. The molecule has 0 amide bonds. The Morgan fingerprint density at radius 2 is 1.72 bits per heavy atom. The molecule has 202 valence electrons. The molecule has 0 atom stereocenters. The molecule has 0 N–H and O–H groups in total. The monoisotopic (exact) mass is 568 g/mol. The van der Waals surface area contributed by atoms with Crippen LogP contribution >= 0.6 is 11.6 Å². The van der Waals surface area contributed by atoms with Crippen molar-refractivity contribution in [3.63, 3.8) is 0 Å². The number of ketones is 1. The van der Waals surface area contributed by atoms with Crippen LogP contribution in [0.4, 0.5) is 22.0 Å². The number of allylic oxidation sites excluding steroid dienone is 1. The normalized spacial score (nSPS) is 14.9. The van der Waals surface area contributed by atoms with Gasteiger partial charge in [-0.05, 0) is 36.8 Å². The van der Waals surface area contributed by atoms with Crippen molar-refractivity contribution in [2.75, 3.05) is 13.4 Å². The summed E-state index contributed by atoms with van der Waals surface area (Å²) in [6.45, 7) is 0.640. The molecule has 0 aliphatic carbocycles. The van der Waals surface area contributed by atoms with Crippen molar-refractivity contribution in [3.05, 3.63) is 86.4 Å². The Kier molecular flexibility index (Phi) is 6.91. The van der Waals surface area contributed by atoms with Gasteiger partial charge in [0.15, 0.2) is 24.9 Å². The fourth-order valence-electron chi connectivity index (χ4n) is 4.00. The average Bonchev–Trinajstić information content (AvgIpc) is 3.21. The third-order valence-electron chi connectivity index (χ3n) is 5.67. The highest BCUT2D eigenvalue weighted by molar-refractivity contribution is 6.31. The van der Waals surface area contributed by atoms with E-state index in [-0.39, 0.29) is 36.2 Å². The Balaban J connectivity index is 1.34. The molecule has 0 saturated heterocycles. The lowest BCUT2D eigenvalue weighted by Crippen LogP contribution is -2.19. The first-order chi connectivity index (χ1) is 18.5. The minimum absolute atomic E-state index is 0.0156. The fraction of sp³-hybridized carbons (Fsp3) is 0.154. The summed E-state index contributed by atoms with van der Waals surface area (Å²) in [6.07, 6.45) is 1.45. The van der Waals surface area contributed by atoms with Crippen LogP contribution in [0.3, 0.4) is 0 Å². The molecule has 0 radical (unpaired) electrons. The predicted octanol–water partition coefficient (Wildman–Crippen LogP) is 5.81. The Labute approximate surface area is 221 Å². The van der Waals surface area contributed by atoms with Gasteiger partial charge in [-0.2, -0.15) is 8.78 Å². The van der Waals surface area contributed by atoms with Gasteiger partial charge < -0.3 is 23.7 Å². The Morgan fingerprint density at radius 1 is 1.03 bits per heavy atom. The minimum Gasteiger partial charge on any atom is -0.476 e. The van der Waals surface area contributed by atoms with Crippen LogP contribution in [-0.2, 0) is 16.1 Å². The van der Waals surface area contributed by atoms with Gasteiger partial charge in [0, 0.05) is 22.2 Å². The zero-order valence-corrected chi connectivity index (χ0v) is 20.4. The van der Waals surface area contributed by atoms with Crippen LogP contribution in [0, 0.1) is 36.0 Å². The molecule has 2 aliphatic heterocycles. The molecule has 0 fully saturated rings. The third kappa shape index (κ3) is 4.88. The van der Waals surface area contributed by atoms with Crippen LogP contribution in [0.25, 0.3) is 6.08 Å². The first-order valence-corrected chi connectivity index (χ1v) is 11.4. The summed E-state index contributed by atoms with van der Waals surface area (Å²) >= 11 is 6.17. The molecule has 0 aromatic heterocycles. The number of aryl methyl sites for hydroxylation is 1. The molecule has 7 nitrogen and oxygen atoms in total. The molecule has 2 aliphatic rings. The maximum Gasteiger partial charge on any atom is 0.349 e. The number of esters is 1. The lowest BCUT2D eigenvalue weighted by molar-refractivity contribution is -0.136.